The van der Waals surface area contributed by atoms with E-state index in [9.17, 15) is 8.42 Å². The van der Waals surface area contributed by atoms with Crippen LogP contribution in [0, 0.1) is 5.92 Å². The van der Waals surface area contributed by atoms with Gasteiger partial charge in [0.2, 0.25) is 0 Å². The van der Waals surface area contributed by atoms with E-state index in [2.05, 4.69) is 10.2 Å². The summed E-state index contributed by atoms with van der Waals surface area (Å²) in [6.07, 6.45) is 0. The van der Waals surface area contributed by atoms with Crippen LogP contribution in [0.15, 0.2) is 29.4 Å². The lowest BCUT2D eigenvalue weighted by molar-refractivity contribution is 0.415. The van der Waals surface area contributed by atoms with Crippen molar-refractivity contribution in [3.8, 4) is 17.1 Å². The summed E-state index contributed by atoms with van der Waals surface area (Å²) in [5.41, 5.74) is 0.666. The molecule has 1 aromatic heterocycles. The number of rotatable bonds is 5. The van der Waals surface area contributed by atoms with Crippen molar-refractivity contribution in [3.05, 3.63) is 24.3 Å². The van der Waals surface area contributed by atoms with Gasteiger partial charge in [0.1, 0.15) is 5.75 Å². The standard InChI is InChI=1S/C13H16ClN3O3S/c1-9(2)8-17-12(15-16-13(17)21(14,18)19)10-6-4-5-7-11(10)20-3/h4-7,9H,8H2,1-3H3. The smallest absolute Gasteiger partial charge is 0.296 e. The fourth-order valence-corrected chi connectivity index (χ4v) is 2.93. The highest BCUT2D eigenvalue weighted by Gasteiger charge is 2.25. The third kappa shape index (κ3) is 3.36. The van der Waals surface area contributed by atoms with Crippen molar-refractivity contribution >= 4 is 19.7 Å². The molecule has 0 saturated heterocycles. The maximum Gasteiger partial charge on any atom is 0.296 e. The normalized spacial score (nSPS) is 11.9. The summed E-state index contributed by atoms with van der Waals surface area (Å²) in [5.74, 6) is 1.21. The second-order valence-electron chi connectivity index (χ2n) is 4.95. The van der Waals surface area contributed by atoms with Gasteiger partial charge in [-0.3, -0.25) is 4.57 Å². The van der Waals surface area contributed by atoms with E-state index in [4.69, 9.17) is 15.4 Å². The minimum Gasteiger partial charge on any atom is -0.496 e. The Hall–Kier alpha value is -1.60. The van der Waals surface area contributed by atoms with Gasteiger partial charge in [0, 0.05) is 17.2 Å². The first-order chi connectivity index (χ1) is 9.84. The van der Waals surface area contributed by atoms with Crippen molar-refractivity contribution in [3.63, 3.8) is 0 Å². The second-order valence-corrected chi connectivity index (χ2v) is 7.41. The first-order valence-corrected chi connectivity index (χ1v) is 8.66. The Morgan fingerprint density at radius 2 is 1.95 bits per heavy atom. The van der Waals surface area contributed by atoms with Gasteiger partial charge in [-0.2, -0.15) is 0 Å². The summed E-state index contributed by atoms with van der Waals surface area (Å²) in [4.78, 5) is 0. The average molecular weight is 330 g/mol. The van der Waals surface area contributed by atoms with E-state index < -0.39 is 9.05 Å². The average Bonchev–Trinajstić information content (AvgIpc) is 2.81. The summed E-state index contributed by atoms with van der Waals surface area (Å²) in [6.45, 7) is 4.37. The van der Waals surface area contributed by atoms with Crippen molar-refractivity contribution in [2.45, 2.75) is 25.5 Å². The fraction of sp³-hybridized carbons (Fsp3) is 0.385. The monoisotopic (exact) mass is 329 g/mol. The minimum atomic E-state index is -3.97. The summed E-state index contributed by atoms with van der Waals surface area (Å²) in [5, 5.41) is 7.46. The van der Waals surface area contributed by atoms with Gasteiger partial charge < -0.3 is 4.74 Å². The van der Waals surface area contributed by atoms with E-state index in [0.29, 0.717) is 23.7 Å². The van der Waals surface area contributed by atoms with Crippen molar-refractivity contribution in [2.75, 3.05) is 7.11 Å². The Morgan fingerprint density at radius 1 is 1.29 bits per heavy atom. The summed E-state index contributed by atoms with van der Waals surface area (Å²) < 4.78 is 30.1. The molecule has 1 aromatic carbocycles. The molecule has 114 valence electrons. The second kappa shape index (κ2) is 6.03. The van der Waals surface area contributed by atoms with Crippen LogP contribution in [0.25, 0.3) is 11.4 Å². The number of hydrogen-bond donors (Lipinski definition) is 0. The molecule has 0 N–H and O–H groups in total. The molecular formula is C13H16ClN3O3S. The first-order valence-electron chi connectivity index (χ1n) is 6.36. The van der Waals surface area contributed by atoms with E-state index in [1.165, 1.54) is 4.57 Å². The zero-order valence-corrected chi connectivity index (χ0v) is 13.5. The molecule has 8 heteroatoms. The zero-order chi connectivity index (χ0) is 15.6. The molecule has 0 aliphatic rings. The molecule has 0 aliphatic carbocycles. The van der Waals surface area contributed by atoms with Crippen LogP contribution >= 0.6 is 10.7 Å². The third-order valence-corrected chi connectivity index (χ3v) is 3.98. The van der Waals surface area contributed by atoms with Gasteiger partial charge >= 0.3 is 0 Å². The molecule has 0 bridgehead atoms. The molecule has 0 saturated carbocycles. The third-order valence-electron chi connectivity index (χ3n) is 2.83. The molecule has 0 radical (unpaired) electrons. The highest BCUT2D eigenvalue weighted by molar-refractivity contribution is 8.13. The largest absolute Gasteiger partial charge is 0.496 e. The molecule has 0 unspecified atom stereocenters. The van der Waals surface area contributed by atoms with Crippen LogP contribution in [0.2, 0.25) is 0 Å². The number of aromatic nitrogens is 3. The number of methoxy groups -OCH3 is 1. The maximum atomic E-state index is 11.6. The summed E-state index contributed by atoms with van der Waals surface area (Å²) >= 11 is 0. The molecule has 0 aliphatic heterocycles. The lowest BCUT2D eigenvalue weighted by atomic mass is 10.1. The molecule has 0 amide bonds. The van der Waals surface area contributed by atoms with Crippen LogP contribution in [0.5, 0.6) is 5.75 Å². The molecule has 21 heavy (non-hydrogen) atoms. The lowest BCUT2D eigenvalue weighted by Crippen LogP contribution is -2.12. The van der Waals surface area contributed by atoms with Crippen LogP contribution < -0.4 is 4.74 Å². The van der Waals surface area contributed by atoms with Crippen LogP contribution in [-0.4, -0.2) is 30.3 Å². The number of halogens is 1. The highest BCUT2D eigenvalue weighted by atomic mass is 35.7. The van der Waals surface area contributed by atoms with Crippen LogP contribution in [-0.2, 0) is 15.6 Å². The molecule has 1 heterocycles. The van der Waals surface area contributed by atoms with E-state index in [0.717, 1.165) is 0 Å². The molecule has 2 aromatic rings. The van der Waals surface area contributed by atoms with Crippen molar-refractivity contribution in [2.24, 2.45) is 5.92 Å². The highest BCUT2D eigenvalue weighted by Crippen LogP contribution is 2.30. The van der Waals surface area contributed by atoms with Gasteiger partial charge in [-0.05, 0) is 18.1 Å². The van der Waals surface area contributed by atoms with Gasteiger partial charge in [0.15, 0.2) is 5.82 Å². The van der Waals surface area contributed by atoms with Crippen LogP contribution in [0.4, 0.5) is 0 Å². The molecule has 6 nitrogen and oxygen atoms in total. The summed E-state index contributed by atoms with van der Waals surface area (Å²) in [6, 6.07) is 7.22. The van der Waals surface area contributed by atoms with E-state index in [1.54, 1.807) is 19.2 Å². The van der Waals surface area contributed by atoms with E-state index in [-0.39, 0.29) is 11.1 Å². The Balaban J connectivity index is 2.67. The van der Waals surface area contributed by atoms with Gasteiger partial charge in [0.25, 0.3) is 14.2 Å². The van der Waals surface area contributed by atoms with Crippen LogP contribution in [0.3, 0.4) is 0 Å². The van der Waals surface area contributed by atoms with E-state index in [1.807, 2.05) is 26.0 Å². The Bertz CT molecular complexity index is 741. The SMILES string of the molecule is COc1ccccc1-c1nnc(S(=O)(=O)Cl)n1CC(C)C. The predicted molar refractivity (Wildman–Crippen MR) is 79.9 cm³/mol. The topological polar surface area (TPSA) is 74.1 Å². The zero-order valence-electron chi connectivity index (χ0n) is 11.9. The Labute approximate surface area is 128 Å². The van der Waals surface area contributed by atoms with Gasteiger partial charge in [0.05, 0.1) is 12.7 Å². The van der Waals surface area contributed by atoms with Gasteiger partial charge in [-0.1, -0.05) is 26.0 Å². The molecular weight excluding hydrogens is 314 g/mol. The van der Waals surface area contributed by atoms with Gasteiger partial charge in [-0.15, -0.1) is 10.2 Å². The minimum absolute atomic E-state index is 0.201. The number of ether oxygens (including phenoxy) is 1. The lowest BCUT2D eigenvalue weighted by Gasteiger charge is -2.13. The number of para-hydroxylation sites is 1. The molecule has 2 rings (SSSR count). The maximum absolute atomic E-state index is 11.6. The Kier molecular flexibility index (Phi) is 4.53. The predicted octanol–water partition coefficient (Wildman–Crippen LogP) is 2.54. The number of nitrogens with zero attached hydrogens (tertiary/aromatic N) is 3. The Morgan fingerprint density at radius 3 is 2.52 bits per heavy atom. The van der Waals surface area contributed by atoms with Crippen molar-refractivity contribution in [1.29, 1.82) is 0 Å². The quantitative estimate of drug-likeness (QED) is 0.788. The number of benzene rings is 1. The molecule has 0 fully saturated rings. The van der Waals surface area contributed by atoms with Crippen LogP contribution in [0.1, 0.15) is 13.8 Å². The van der Waals surface area contributed by atoms with Gasteiger partial charge in [-0.25, -0.2) is 8.42 Å². The van der Waals surface area contributed by atoms with E-state index >= 15 is 0 Å². The number of hydrogen-bond acceptors (Lipinski definition) is 5. The molecule has 0 spiro atoms. The fourth-order valence-electron chi connectivity index (χ4n) is 2.03. The van der Waals surface area contributed by atoms with Crippen molar-refractivity contribution < 1.29 is 13.2 Å². The summed E-state index contributed by atoms with van der Waals surface area (Å²) in [7, 11) is 3.02. The van der Waals surface area contributed by atoms with Crippen molar-refractivity contribution in [1.82, 2.24) is 14.8 Å². The molecule has 0 atom stereocenters. The first kappa shape index (κ1) is 15.8.